The van der Waals surface area contributed by atoms with Gasteiger partial charge in [-0.25, -0.2) is 8.42 Å². The number of amides is 1. The summed E-state index contributed by atoms with van der Waals surface area (Å²) < 4.78 is 25.9. The number of hydrogen-bond donors (Lipinski definition) is 1. The monoisotopic (exact) mass is 489 g/mol. The molecule has 0 bridgehead atoms. The van der Waals surface area contributed by atoms with E-state index in [2.05, 4.69) is 5.32 Å². The number of fused-ring (bicyclic) bond motifs is 1. The summed E-state index contributed by atoms with van der Waals surface area (Å²) in [4.78, 5) is 14.0. The Kier molecular flexibility index (Phi) is 6.17. The molecule has 158 valence electrons. The molecule has 31 heavy (non-hydrogen) atoms. The highest BCUT2D eigenvalue weighted by atomic mass is 35.5. The standard InChI is InChI=1S/C23H17Cl2NO3S2/c1-14-5-7-15(8-6-14)11-22-23(27)26-20-12-16(9-10-21(20)30-22)31(28,29)13-17-18(24)3-2-4-19(17)25/h2-12H,13H2,1H3,(H,26,27). The largest absolute Gasteiger partial charge is 0.320 e. The molecule has 0 radical (unpaired) electrons. The van der Waals surface area contributed by atoms with Gasteiger partial charge < -0.3 is 5.32 Å². The molecule has 8 heteroatoms. The number of benzene rings is 3. The number of hydrogen-bond acceptors (Lipinski definition) is 4. The van der Waals surface area contributed by atoms with Crippen LogP contribution >= 0.6 is 35.0 Å². The second kappa shape index (κ2) is 8.71. The molecule has 0 fully saturated rings. The third-order valence-electron chi connectivity index (χ3n) is 4.77. The molecule has 1 heterocycles. The molecular formula is C23H17Cl2NO3S2. The van der Waals surface area contributed by atoms with Crippen LogP contribution in [0.1, 0.15) is 16.7 Å². The van der Waals surface area contributed by atoms with Crippen LogP contribution in [-0.4, -0.2) is 14.3 Å². The van der Waals surface area contributed by atoms with Crippen molar-refractivity contribution in [1.82, 2.24) is 0 Å². The Hall–Kier alpha value is -2.25. The van der Waals surface area contributed by atoms with Crippen LogP contribution < -0.4 is 5.32 Å². The lowest BCUT2D eigenvalue weighted by Gasteiger charge is -2.19. The van der Waals surface area contributed by atoms with Crippen LogP contribution in [0.3, 0.4) is 0 Å². The van der Waals surface area contributed by atoms with Crippen molar-refractivity contribution in [2.75, 3.05) is 5.32 Å². The average Bonchev–Trinajstić information content (AvgIpc) is 2.72. The second-order valence-corrected chi connectivity index (χ2v) is 11.0. The minimum absolute atomic E-state index is 0.0918. The molecule has 1 aliphatic heterocycles. The van der Waals surface area contributed by atoms with E-state index in [1.54, 1.807) is 24.3 Å². The van der Waals surface area contributed by atoms with E-state index in [1.807, 2.05) is 37.3 Å². The van der Waals surface area contributed by atoms with Gasteiger partial charge in [0.1, 0.15) is 0 Å². The van der Waals surface area contributed by atoms with Crippen LogP contribution in [0, 0.1) is 6.92 Å². The second-order valence-electron chi connectivity index (χ2n) is 7.09. The predicted molar refractivity (Wildman–Crippen MR) is 127 cm³/mol. The van der Waals surface area contributed by atoms with Gasteiger partial charge >= 0.3 is 0 Å². The molecule has 0 unspecified atom stereocenters. The highest BCUT2D eigenvalue weighted by Crippen LogP contribution is 2.40. The van der Waals surface area contributed by atoms with Crippen molar-refractivity contribution in [2.45, 2.75) is 22.5 Å². The zero-order valence-electron chi connectivity index (χ0n) is 16.4. The van der Waals surface area contributed by atoms with Gasteiger partial charge in [-0.3, -0.25) is 4.79 Å². The summed E-state index contributed by atoms with van der Waals surface area (Å²) in [5.41, 5.74) is 2.87. The number of carbonyl (C=O) groups excluding carboxylic acids is 1. The van der Waals surface area contributed by atoms with Gasteiger partial charge in [0.2, 0.25) is 0 Å². The van der Waals surface area contributed by atoms with E-state index in [0.717, 1.165) is 16.0 Å². The van der Waals surface area contributed by atoms with Gasteiger partial charge in [-0.2, -0.15) is 0 Å². The van der Waals surface area contributed by atoms with Gasteiger partial charge in [0.15, 0.2) is 9.84 Å². The molecule has 0 spiro atoms. The Bertz CT molecular complexity index is 1300. The SMILES string of the molecule is Cc1ccc(C=C2Sc3ccc(S(=O)(=O)Cc4c(Cl)cccc4Cl)cc3NC2=O)cc1. The molecule has 4 rings (SSSR count). The predicted octanol–water partition coefficient (Wildman–Crippen LogP) is 6.36. The van der Waals surface area contributed by atoms with Crippen LogP contribution in [0.25, 0.3) is 6.08 Å². The van der Waals surface area contributed by atoms with Gasteiger partial charge in [0.25, 0.3) is 5.91 Å². The van der Waals surface area contributed by atoms with Crippen molar-refractivity contribution in [2.24, 2.45) is 0 Å². The Balaban J connectivity index is 1.62. The minimum atomic E-state index is -3.72. The first-order valence-corrected chi connectivity index (χ1v) is 12.5. The number of sulfone groups is 1. The maximum Gasteiger partial charge on any atom is 0.262 e. The number of anilines is 1. The molecule has 1 N–H and O–H groups in total. The highest BCUT2D eigenvalue weighted by Gasteiger charge is 2.25. The van der Waals surface area contributed by atoms with Crippen LogP contribution in [0.4, 0.5) is 5.69 Å². The van der Waals surface area contributed by atoms with Crippen molar-refractivity contribution < 1.29 is 13.2 Å². The fourth-order valence-corrected chi connectivity index (χ4v) is 6.14. The smallest absolute Gasteiger partial charge is 0.262 e. The van der Waals surface area contributed by atoms with E-state index < -0.39 is 9.84 Å². The van der Waals surface area contributed by atoms with Crippen molar-refractivity contribution in [1.29, 1.82) is 0 Å². The first kappa shape index (κ1) is 22.0. The number of aryl methyl sites for hydroxylation is 1. The highest BCUT2D eigenvalue weighted by molar-refractivity contribution is 8.04. The molecule has 3 aromatic rings. The Morgan fingerprint density at radius 1 is 1.00 bits per heavy atom. The lowest BCUT2D eigenvalue weighted by atomic mass is 10.1. The van der Waals surface area contributed by atoms with Crippen LogP contribution in [0.15, 0.2) is 75.4 Å². The molecule has 0 atom stereocenters. The number of rotatable bonds is 4. The number of nitrogens with one attached hydrogen (secondary N) is 1. The summed E-state index contributed by atoms with van der Waals surface area (Å²) >= 11 is 13.6. The van der Waals surface area contributed by atoms with E-state index in [0.29, 0.717) is 26.2 Å². The lowest BCUT2D eigenvalue weighted by Crippen LogP contribution is -2.18. The summed E-state index contributed by atoms with van der Waals surface area (Å²) in [6.45, 7) is 2.00. The lowest BCUT2D eigenvalue weighted by molar-refractivity contribution is -0.112. The fraction of sp³-hybridized carbons (Fsp3) is 0.0870. The topological polar surface area (TPSA) is 63.2 Å². The Morgan fingerprint density at radius 3 is 2.35 bits per heavy atom. The van der Waals surface area contributed by atoms with E-state index >= 15 is 0 Å². The maximum atomic E-state index is 13.0. The first-order valence-electron chi connectivity index (χ1n) is 9.30. The minimum Gasteiger partial charge on any atom is -0.320 e. The number of halogens is 2. The molecule has 0 saturated carbocycles. The molecule has 0 saturated heterocycles. The third kappa shape index (κ3) is 4.83. The molecule has 1 aliphatic rings. The van der Waals surface area contributed by atoms with E-state index in [4.69, 9.17) is 23.2 Å². The van der Waals surface area contributed by atoms with Crippen LogP contribution in [0.5, 0.6) is 0 Å². The van der Waals surface area contributed by atoms with E-state index in [-0.39, 0.29) is 16.6 Å². The van der Waals surface area contributed by atoms with E-state index in [9.17, 15) is 13.2 Å². The number of carbonyl (C=O) groups is 1. The number of thioether (sulfide) groups is 1. The summed E-state index contributed by atoms with van der Waals surface area (Å²) in [6, 6.07) is 17.4. The summed E-state index contributed by atoms with van der Waals surface area (Å²) in [5.74, 6) is -0.606. The molecular weight excluding hydrogens is 473 g/mol. The molecule has 0 aliphatic carbocycles. The van der Waals surface area contributed by atoms with Crippen LogP contribution in [0.2, 0.25) is 10.0 Å². The molecule has 4 nitrogen and oxygen atoms in total. The maximum absolute atomic E-state index is 13.0. The Morgan fingerprint density at radius 2 is 1.68 bits per heavy atom. The normalized spacial score (nSPS) is 14.9. The summed E-state index contributed by atoms with van der Waals surface area (Å²) in [5, 5.41) is 3.39. The zero-order valence-corrected chi connectivity index (χ0v) is 19.5. The van der Waals surface area contributed by atoms with Crippen molar-refractivity contribution in [3.05, 3.63) is 92.3 Å². The van der Waals surface area contributed by atoms with Gasteiger partial charge in [0.05, 0.1) is 21.2 Å². The molecule has 0 aromatic heterocycles. The van der Waals surface area contributed by atoms with Crippen molar-refractivity contribution >= 4 is 62.5 Å². The van der Waals surface area contributed by atoms with E-state index in [1.165, 1.54) is 23.9 Å². The third-order valence-corrected chi connectivity index (χ3v) is 8.22. The summed E-state index contributed by atoms with van der Waals surface area (Å²) in [6.07, 6.45) is 1.81. The summed E-state index contributed by atoms with van der Waals surface area (Å²) in [7, 11) is -3.72. The van der Waals surface area contributed by atoms with Gasteiger partial charge in [-0.1, -0.05) is 70.9 Å². The fourth-order valence-electron chi connectivity index (χ4n) is 3.09. The van der Waals surface area contributed by atoms with Gasteiger partial charge in [-0.15, -0.1) is 0 Å². The van der Waals surface area contributed by atoms with Gasteiger partial charge in [0, 0.05) is 20.5 Å². The quantitative estimate of drug-likeness (QED) is 0.433. The Labute approximate surface area is 195 Å². The molecule has 3 aromatic carbocycles. The first-order chi connectivity index (χ1) is 14.7. The average molecular weight is 490 g/mol. The van der Waals surface area contributed by atoms with Crippen LogP contribution in [-0.2, 0) is 20.4 Å². The molecule has 1 amide bonds. The zero-order chi connectivity index (χ0) is 22.2. The van der Waals surface area contributed by atoms with Crippen molar-refractivity contribution in [3.63, 3.8) is 0 Å². The van der Waals surface area contributed by atoms with Crippen molar-refractivity contribution in [3.8, 4) is 0 Å². The van der Waals surface area contributed by atoms with Gasteiger partial charge in [-0.05, 0) is 48.9 Å².